The average molecular weight is 526 g/mol. The fourth-order valence-corrected chi connectivity index (χ4v) is 3.53. The molecule has 0 bridgehead atoms. The Labute approximate surface area is 195 Å². The van der Waals surface area contributed by atoms with Crippen molar-refractivity contribution in [2.75, 3.05) is 26.2 Å². The number of guanidine groups is 1. The van der Waals surface area contributed by atoms with Crippen LogP contribution in [0.3, 0.4) is 0 Å². The maximum Gasteiger partial charge on any atom is 0.191 e. The molecule has 5 nitrogen and oxygen atoms in total. The van der Waals surface area contributed by atoms with Crippen LogP contribution >= 0.6 is 24.0 Å². The Morgan fingerprint density at radius 3 is 2.70 bits per heavy atom. The van der Waals surface area contributed by atoms with Gasteiger partial charge in [-0.05, 0) is 48.6 Å². The SMILES string of the molecule is CCNC(=NCc1ccc(C)c(F)c1)NCC(O)CN1CCc2ccccc2C1.I. The van der Waals surface area contributed by atoms with Crippen molar-refractivity contribution >= 4 is 29.9 Å². The van der Waals surface area contributed by atoms with Gasteiger partial charge in [-0.15, -0.1) is 24.0 Å². The minimum atomic E-state index is -0.499. The van der Waals surface area contributed by atoms with Crippen LogP contribution in [0.15, 0.2) is 47.5 Å². The molecule has 1 aliphatic heterocycles. The summed E-state index contributed by atoms with van der Waals surface area (Å²) in [7, 11) is 0. The van der Waals surface area contributed by atoms with E-state index in [1.807, 2.05) is 13.0 Å². The number of aryl methyl sites for hydroxylation is 1. The largest absolute Gasteiger partial charge is 0.390 e. The summed E-state index contributed by atoms with van der Waals surface area (Å²) in [6.07, 6.45) is 0.522. The number of rotatable bonds is 7. The fraction of sp³-hybridized carbons (Fsp3) is 0.435. The molecule has 7 heteroatoms. The molecule has 2 aromatic rings. The molecule has 30 heavy (non-hydrogen) atoms. The summed E-state index contributed by atoms with van der Waals surface area (Å²) < 4.78 is 13.7. The van der Waals surface area contributed by atoms with Crippen molar-refractivity contribution < 1.29 is 9.50 Å². The number of aliphatic hydroxyl groups excluding tert-OH is 1. The molecule has 0 aromatic heterocycles. The standard InChI is InChI=1S/C23H31FN4O.HI/c1-3-25-23(26-13-18-9-8-17(2)22(24)12-18)27-14-21(29)16-28-11-10-19-6-4-5-7-20(19)15-28;/h4-9,12,21,29H,3,10-11,13-16H2,1-2H3,(H2,25,26,27);1H. The molecule has 0 aliphatic carbocycles. The highest BCUT2D eigenvalue weighted by Crippen LogP contribution is 2.18. The second-order valence-corrected chi connectivity index (χ2v) is 7.57. The van der Waals surface area contributed by atoms with Gasteiger partial charge in [0.05, 0.1) is 12.6 Å². The number of nitrogens with one attached hydrogen (secondary N) is 2. The van der Waals surface area contributed by atoms with E-state index in [1.54, 1.807) is 13.0 Å². The van der Waals surface area contributed by atoms with Crippen molar-refractivity contribution in [1.29, 1.82) is 0 Å². The van der Waals surface area contributed by atoms with E-state index in [1.165, 1.54) is 17.2 Å². The Hall–Kier alpha value is -1.71. The molecule has 1 atom stereocenters. The van der Waals surface area contributed by atoms with Crippen LogP contribution in [0.5, 0.6) is 0 Å². The lowest BCUT2D eigenvalue weighted by Crippen LogP contribution is -2.45. The highest BCUT2D eigenvalue weighted by Gasteiger charge is 2.18. The number of aliphatic imine (C=N–C) groups is 1. The Morgan fingerprint density at radius 2 is 1.97 bits per heavy atom. The van der Waals surface area contributed by atoms with Gasteiger partial charge in [-0.25, -0.2) is 9.38 Å². The Bertz CT molecular complexity index is 846. The van der Waals surface area contributed by atoms with Gasteiger partial charge in [0.25, 0.3) is 0 Å². The van der Waals surface area contributed by atoms with E-state index in [9.17, 15) is 9.50 Å². The van der Waals surface area contributed by atoms with Crippen molar-refractivity contribution in [2.45, 2.75) is 39.5 Å². The van der Waals surface area contributed by atoms with Crippen LogP contribution in [-0.2, 0) is 19.5 Å². The second-order valence-electron chi connectivity index (χ2n) is 7.57. The van der Waals surface area contributed by atoms with E-state index < -0.39 is 6.10 Å². The van der Waals surface area contributed by atoms with Crippen LogP contribution in [0, 0.1) is 12.7 Å². The molecule has 0 saturated heterocycles. The van der Waals surface area contributed by atoms with Crippen molar-refractivity contribution in [1.82, 2.24) is 15.5 Å². The first kappa shape index (κ1) is 24.6. The third-order valence-electron chi connectivity index (χ3n) is 5.18. The van der Waals surface area contributed by atoms with Crippen LogP contribution < -0.4 is 10.6 Å². The van der Waals surface area contributed by atoms with Gasteiger partial charge in [0.1, 0.15) is 5.82 Å². The lowest BCUT2D eigenvalue weighted by atomic mass is 10.00. The van der Waals surface area contributed by atoms with E-state index in [-0.39, 0.29) is 29.8 Å². The summed E-state index contributed by atoms with van der Waals surface area (Å²) in [5, 5.41) is 16.8. The first-order valence-corrected chi connectivity index (χ1v) is 10.3. The van der Waals surface area contributed by atoms with E-state index in [4.69, 9.17) is 0 Å². The van der Waals surface area contributed by atoms with Crippen LogP contribution in [0.4, 0.5) is 4.39 Å². The number of β-amino-alcohol motifs (C(OH)–C–C–N with tert-alkyl or cyclic N) is 1. The Balaban J connectivity index is 0.00000320. The molecule has 1 unspecified atom stereocenters. The van der Waals surface area contributed by atoms with Crippen LogP contribution in [0.1, 0.15) is 29.2 Å². The van der Waals surface area contributed by atoms with Crippen molar-refractivity contribution in [2.24, 2.45) is 4.99 Å². The molecular formula is C23H32FIN4O. The zero-order chi connectivity index (χ0) is 20.6. The minimum absolute atomic E-state index is 0. The van der Waals surface area contributed by atoms with E-state index in [2.05, 4.69) is 44.8 Å². The van der Waals surface area contributed by atoms with Crippen molar-refractivity contribution in [3.63, 3.8) is 0 Å². The molecule has 0 radical (unpaired) electrons. The van der Waals surface area contributed by atoms with E-state index in [0.717, 1.165) is 25.1 Å². The quantitative estimate of drug-likeness (QED) is 0.295. The van der Waals surface area contributed by atoms with Gasteiger partial charge in [-0.2, -0.15) is 0 Å². The molecule has 0 fully saturated rings. The third kappa shape index (κ3) is 7.21. The normalized spacial score (nSPS) is 15.1. The zero-order valence-corrected chi connectivity index (χ0v) is 20.0. The molecule has 0 amide bonds. The van der Waals surface area contributed by atoms with Crippen LogP contribution in [0.2, 0.25) is 0 Å². The number of halogens is 2. The number of hydrogen-bond donors (Lipinski definition) is 3. The fourth-order valence-electron chi connectivity index (χ4n) is 3.53. The monoisotopic (exact) mass is 526 g/mol. The summed E-state index contributed by atoms with van der Waals surface area (Å²) in [4.78, 5) is 6.79. The molecule has 3 rings (SSSR count). The summed E-state index contributed by atoms with van der Waals surface area (Å²) in [5.74, 6) is 0.408. The third-order valence-corrected chi connectivity index (χ3v) is 5.18. The molecule has 3 N–H and O–H groups in total. The predicted octanol–water partition coefficient (Wildman–Crippen LogP) is 3.23. The highest BCUT2D eigenvalue weighted by molar-refractivity contribution is 14.0. The van der Waals surface area contributed by atoms with Crippen molar-refractivity contribution in [3.05, 3.63) is 70.5 Å². The number of benzene rings is 2. The number of hydrogen-bond acceptors (Lipinski definition) is 3. The zero-order valence-electron chi connectivity index (χ0n) is 17.7. The van der Waals surface area contributed by atoms with Gasteiger partial charge in [0, 0.05) is 32.7 Å². The summed E-state index contributed by atoms with van der Waals surface area (Å²) in [6.45, 7) is 7.69. The van der Waals surface area contributed by atoms with Crippen molar-refractivity contribution in [3.8, 4) is 0 Å². The first-order valence-electron chi connectivity index (χ1n) is 10.3. The Morgan fingerprint density at radius 1 is 1.20 bits per heavy atom. The van der Waals surface area contributed by atoms with Crippen LogP contribution in [0.25, 0.3) is 0 Å². The number of aliphatic hydroxyl groups is 1. The predicted molar refractivity (Wildman–Crippen MR) is 131 cm³/mol. The smallest absolute Gasteiger partial charge is 0.191 e. The average Bonchev–Trinajstić information content (AvgIpc) is 2.72. The minimum Gasteiger partial charge on any atom is -0.390 e. The molecule has 0 spiro atoms. The second kappa shape index (κ2) is 12.2. The van der Waals surface area contributed by atoms with Gasteiger partial charge >= 0.3 is 0 Å². The molecule has 0 saturated carbocycles. The molecule has 164 valence electrons. The maximum absolute atomic E-state index is 13.7. The molecular weight excluding hydrogens is 494 g/mol. The summed E-state index contributed by atoms with van der Waals surface area (Å²) in [5.41, 5.74) is 4.20. The van der Waals surface area contributed by atoms with Gasteiger partial charge in [-0.1, -0.05) is 36.4 Å². The lowest BCUT2D eigenvalue weighted by molar-refractivity contribution is 0.108. The van der Waals surface area contributed by atoms with Gasteiger partial charge < -0.3 is 15.7 Å². The van der Waals surface area contributed by atoms with Gasteiger partial charge in [0.15, 0.2) is 5.96 Å². The summed E-state index contributed by atoms with van der Waals surface area (Å²) in [6, 6.07) is 13.7. The van der Waals surface area contributed by atoms with Gasteiger partial charge in [0.2, 0.25) is 0 Å². The molecule has 1 heterocycles. The number of nitrogens with zero attached hydrogens (tertiary/aromatic N) is 2. The summed E-state index contributed by atoms with van der Waals surface area (Å²) >= 11 is 0. The number of fused-ring (bicyclic) bond motifs is 1. The molecule has 2 aromatic carbocycles. The van der Waals surface area contributed by atoms with E-state index in [0.29, 0.717) is 37.7 Å². The van der Waals surface area contributed by atoms with Crippen LogP contribution in [-0.4, -0.2) is 48.2 Å². The Kier molecular flexibility index (Phi) is 10.0. The highest BCUT2D eigenvalue weighted by atomic mass is 127. The van der Waals surface area contributed by atoms with E-state index >= 15 is 0 Å². The lowest BCUT2D eigenvalue weighted by Gasteiger charge is -2.30. The maximum atomic E-state index is 13.7. The van der Waals surface area contributed by atoms with Gasteiger partial charge in [-0.3, -0.25) is 4.90 Å². The molecule has 1 aliphatic rings. The first-order chi connectivity index (χ1) is 14.0. The topological polar surface area (TPSA) is 59.9 Å².